The van der Waals surface area contributed by atoms with Gasteiger partial charge in [0.2, 0.25) is 0 Å². The summed E-state index contributed by atoms with van der Waals surface area (Å²) in [5, 5.41) is 0. The zero-order valence-corrected chi connectivity index (χ0v) is 12.1. The number of hydrogen-bond donors (Lipinski definition) is 1. The molecule has 0 aromatic carbocycles. The van der Waals surface area contributed by atoms with E-state index < -0.39 is 0 Å². The molecule has 1 heterocycles. The van der Waals surface area contributed by atoms with Crippen LogP contribution in [0.2, 0.25) is 0 Å². The molecule has 1 fully saturated rings. The summed E-state index contributed by atoms with van der Waals surface area (Å²) in [6.45, 7) is 3.11. The van der Waals surface area contributed by atoms with E-state index >= 15 is 0 Å². The van der Waals surface area contributed by atoms with E-state index in [1.807, 2.05) is 6.92 Å². The minimum atomic E-state index is 0.745. The highest BCUT2D eigenvalue weighted by atomic mass is 79.9. The molecule has 1 aliphatic rings. The summed E-state index contributed by atoms with van der Waals surface area (Å²) in [6.07, 6.45) is 7.23. The molecule has 0 atom stereocenters. The van der Waals surface area contributed by atoms with Crippen molar-refractivity contribution < 1.29 is 0 Å². The molecule has 0 saturated heterocycles. The average molecular weight is 298 g/mol. The van der Waals surface area contributed by atoms with E-state index in [1.54, 1.807) is 6.20 Å². The number of anilines is 2. The van der Waals surface area contributed by atoms with Gasteiger partial charge >= 0.3 is 0 Å². The molecule has 1 aromatic rings. The lowest BCUT2D eigenvalue weighted by molar-refractivity contribution is 0.544. The first-order chi connectivity index (χ1) is 8.09. The second-order valence-electron chi connectivity index (χ2n) is 5.01. The normalized spacial score (nSPS) is 16.4. The first kappa shape index (κ1) is 12.7. The molecule has 0 unspecified atom stereocenters. The number of rotatable bonds is 3. The third kappa shape index (κ3) is 2.73. The molecular formula is C13H20BrN3. The van der Waals surface area contributed by atoms with Crippen LogP contribution in [0.3, 0.4) is 0 Å². The topological polar surface area (TPSA) is 42.1 Å². The van der Waals surface area contributed by atoms with E-state index in [9.17, 15) is 0 Å². The third-order valence-electron chi connectivity index (χ3n) is 3.65. The van der Waals surface area contributed by atoms with Gasteiger partial charge in [-0.05, 0) is 47.2 Å². The van der Waals surface area contributed by atoms with Gasteiger partial charge in [-0.3, -0.25) is 0 Å². The Bertz CT molecular complexity index is 400. The predicted molar refractivity (Wildman–Crippen MR) is 76.3 cm³/mol. The van der Waals surface area contributed by atoms with Crippen LogP contribution in [0, 0.1) is 12.8 Å². The molecule has 1 aromatic heterocycles. The molecule has 0 amide bonds. The Morgan fingerprint density at radius 2 is 2.12 bits per heavy atom. The minimum Gasteiger partial charge on any atom is -0.397 e. The first-order valence-corrected chi connectivity index (χ1v) is 7.00. The second-order valence-corrected chi connectivity index (χ2v) is 5.80. The minimum absolute atomic E-state index is 0.745. The van der Waals surface area contributed by atoms with Crippen LogP contribution in [0.25, 0.3) is 0 Å². The van der Waals surface area contributed by atoms with Gasteiger partial charge in [0, 0.05) is 13.6 Å². The zero-order chi connectivity index (χ0) is 12.4. The molecular weight excluding hydrogens is 278 g/mol. The molecule has 17 heavy (non-hydrogen) atoms. The van der Waals surface area contributed by atoms with Crippen LogP contribution in [-0.2, 0) is 0 Å². The van der Waals surface area contributed by atoms with Crippen LogP contribution in [0.5, 0.6) is 0 Å². The molecule has 2 rings (SSSR count). The number of halogens is 1. The number of pyridine rings is 1. The Hall–Kier alpha value is -0.770. The summed E-state index contributed by atoms with van der Waals surface area (Å²) in [7, 11) is 2.11. The summed E-state index contributed by atoms with van der Waals surface area (Å²) in [5.74, 6) is 1.83. The number of nitrogens with zero attached hydrogens (tertiary/aromatic N) is 2. The van der Waals surface area contributed by atoms with Gasteiger partial charge in [-0.2, -0.15) is 0 Å². The van der Waals surface area contributed by atoms with Gasteiger partial charge in [-0.1, -0.05) is 12.8 Å². The van der Waals surface area contributed by atoms with E-state index in [0.717, 1.165) is 34.0 Å². The van der Waals surface area contributed by atoms with Gasteiger partial charge in [0.15, 0.2) is 0 Å². The molecule has 3 nitrogen and oxygen atoms in total. The Morgan fingerprint density at radius 1 is 1.47 bits per heavy atom. The predicted octanol–water partition coefficient (Wildman–Crippen LogP) is 3.36. The monoisotopic (exact) mass is 297 g/mol. The lowest BCUT2D eigenvalue weighted by atomic mass is 10.1. The van der Waals surface area contributed by atoms with Gasteiger partial charge in [0.05, 0.1) is 16.4 Å². The van der Waals surface area contributed by atoms with Crippen molar-refractivity contribution in [2.45, 2.75) is 32.6 Å². The zero-order valence-electron chi connectivity index (χ0n) is 10.5. The van der Waals surface area contributed by atoms with Crippen molar-refractivity contribution in [3.8, 4) is 0 Å². The van der Waals surface area contributed by atoms with Crippen molar-refractivity contribution in [3.63, 3.8) is 0 Å². The Morgan fingerprint density at radius 3 is 2.76 bits per heavy atom. The number of hydrogen-bond acceptors (Lipinski definition) is 3. The maximum absolute atomic E-state index is 5.84. The standard InChI is InChI=1S/C13H20BrN3/c1-9-11(15)7-16-13(12(9)14)17(2)8-10-5-3-4-6-10/h7,10H,3-6,8,15H2,1-2H3. The quantitative estimate of drug-likeness (QED) is 0.930. The van der Waals surface area contributed by atoms with Crippen molar-refractivity contribution >= 4 is 27.4 Å². The SMILES string of the molecule is Cc1c(N)cnc(N(C)CC2CCCC2)c1Br. The fourth-order valence-electron chi connectivity index (χ4n) is 2.51. The summed E-state index contributed by atoms with van der Waals surface area (Å²) < 4.78 is 1.03. The second kappa shape index (κ2) is 5.25. The molecule has 94 valence electrons. The van der Waals surface area contributed by atoms with Gasteiger partial charge in [-0.25, -0.2) is 4.98 Å². The summed E-state index contributed by atoms with van der Waals surface area (Å²) in [6, 6.07) is 0. The van der Waals surface area contributed by atoms with Crippen LogP contribution >= 0.6 is 15.9 Å². The van der Waals surface area contributed by atoms with E-state index in [-0.39, 0.29) is 0 Å². The van der Waals surface area contributed by atoms with Gasteiger partial charge in [-0.15, -0.1) is 0 Å². The van der Waals surface area contributed by atoms with Gasteiger partial charge in [0.25, 0.3) is 0 Å². The van der Waals surface area contributed by atoms with Crippen LogP contribution in [0.15, 0.2) is 10.7 Å². The molecule has 4 heteroatoms. The highest BCUT2D eigenvalue weighted by molar-refractivity contribution is 9.10. The highest BCUT2D eigenvalue weighted by Gasteiger charge is 2.19. The van der Waals surface area contributed by atoms with Crippen LogP contribution < -0.4 is 10.6 Å². The lowest BCUT2D eigenvalue weighted by Crippen LogP contribution is -2.25. The van der Waals surface area contributed by atoms with E-state index in [2.05, 4.69) is 32.9 Å². The molecule has 0 radical (unpaired) electrons. The van der Waals surface area contributed by atoms with Crippen LogP contribution in [0.1, 0.15) is 31.2 Å². The van der Waals surface area contributed by atoms with Gasteiger partial charge < -0.3 is 10.6 Å². The van der Waals surface area contributed by atoms with E-state index in [0.29, 0.717) is 0 Å². The van der Waals surface area contributed by atoms with Crippen molar-refractivity contribution in [2.24, 2.45) is 5.92 Å². The largest absolute Gasteiger partial charge is 0.397 e. The van der Waals surface area contributed by atoms with E-state index in [4.69, 9.17) is 5.73 Å². The molecule has 0 spiro atoms. The number of nitrogen functional groups attached to an aromatic ring is 1. The molecule has 1 saturated carbocycles. The molecule has 0 bridgehead atoms. The van der Waals surface area contributed by atoms with Crippen molar-refractivity contribution in [1.29, 1.82) is 0 Å². The Kier molecular flexibility index (Phi) is 3.92. The fraction of sp³-hybridized carbons (Fsp3) is 0.615. The van der Waals surface area contributed by atoms with Crippen molar-refractivity contribution in [1.82, 2.24) is 4.98 Å². The molecule has 0 aliphatic heterocycles. The number of nitrogens with two attached hydrogens (primary N) is 1. The average Bonchev–Trinajstić information content (AvgIpc) is 2.78. The van der Waals surface area contributed by atoms with Crippen LogP contribution in [-0.4, -0.2) is 18.6 Å². The van der Waals surface area contributed by atoms with E-state index in [1.165, 1.54) is 25.7 Å². The Balaban J connectivity index is 2.13. The molecule has 2 N–H and O–H groups in total. The summed E-state index contributed by atoms with van der Waals surface area (Å²) in [4.78, 5) is 6.68. The van der Waals surface area contributed by atoms with Crippen molar-refractivity contribution in [2.75, 3.05) is 24.2 Å². The fourth-order valence-corrected chi connectivity index (χ4v) is 3.15. The smallest absolute Gasteiger partial charge is 0.143 e. The molecule has 1 aliphatic carbocycles. The van der Waals surface area contributed by atoms with Crippen LogP contribution in [0.4, 0.5) is 11.5 Å². The van der Waals surface area contributed by atoms with Gasteiger partial charge in [0.1, 0.15) is 5.82 Å². The Labute approximate surface area is 112 Å². The maximum atomic E-state index is 5.84. The summed E-state index contributed by atoms with van der Waals surface area (Å²) in [5.41, 5.74) is 7.66. The first-order valence-electron chi connectivity index (χ1n) is 6.21. The highest BCUT2D eigenvalue weighted by Crippen LogP contribution is 2.32. The van der Waals surface area contributed by atoms with Crippen molar-refractivity contribution in [3.05, 3.63) is 16.2 Å². The maximum Gasteiger partial charge on any atom is 0.143 e. The third-order valence-corrected chi connectivity index (χ3v) is 4.60. The summed E-state index contributed by atoms with van der Waals surface area (Å²) >= 11 is 3.60. The number of aromatic nitrogens is 1. The lowest BCUT2D eigenvalue weighted by Gasteiger charge is -2.24.